The second kappa shape index (κ2) is 6.66. The Morgan fingerprint density at radius 1 is 1.44 bits per heavy atom. The average molecular weight is 224 g/mol. The van der Waals surface area contributed by atoms with Crippen LogP contribution in [0.15, 0.2) is 6.07 Å². The number of hydrogen-bond donors (Lipinski definition) is 1. The van der Waals surface area contributed by atoms with Crippen LogP contribution < -0.4 is 5.32 Å². The van der Waals surface area contributed by atoms with Gasteiger partial charge in [0.2, 0.25) is 0 Å². The van der Waals surface area contributed by atoms with Gasteiger partial charge in [-0.2, -0.15) is 5.10 Å². The van der Waals surface area contributed by atoms with Crippen LogP contribution in [0.3, 0.4) is 0 Å². The molecule has 0 fully saturated rings. The zero-order valence-electron chi connectivity index (χ0n) is 11.0. The second-order valence-electron chi connectivity index (χ2n) is 4.14. The fourth-order valence-electron chi connectivity index (χ4n) is 1.75. The van der Waals surface area contributed by atoms with Gasteiger partial charge in [-0.1, -0.05) is 6.92 Å². The molecule has 4 nitrogen and oxygen atoms in total. The van der Waals surface area contributed by atoms with Crippen molar-refractivity contribution in [3.05, 3.63) is 17.5 Å². The Bertz CT molecular complexity index is 306. The number of rotatable bonds is 7. The lowest BCUT2D eigenvalue weighted by atomic mass is 10.3. The lowest BCUT2D eigenvalue weighted by Gasteiger charge is -2.16. The molecule has 0 amide bonds. The minimum atomic E-state index is 0.954. The lowest BCUT2D eigenvalue weighted by molar-refractivity contribution is 0.316. The number of aromatic nitrogens is 2. The lowest BCUT2D eigenvalue weighted by Crippen LogP contribution is -2.27. The molecule has 1 heterocycles. The Morgan fingerprint density at radius 2 is 2.19 bits per heavy atom. The van der Waals surface area contributed by atoms with E-state index in [0.29, 0.717) is 0 Å². The van der Waals surface area contributed by atoms with Crippen LogP contribution in [-0.4, -0.2) is 41.9 Å². The number of hydrogen-bond acceptors (Lipinski definition) is 3. The van der Waals surface area contributed by atoms with Gasteiger partial charge >= 0.3 is 0 Å². The molecule has 4 heteroatoms. The summed E-state index contributed by atoms with van der Waals surface area (Å²) in [5, 5.41) is 7.72. The van der Waals surface area contributed by atoms with E-state index in [-0.39, 0.29) is 0 Å². The Morgan fingerprint density at radius 3 is 2.75 bits per heavy atom. The largest absolute Gasteiger partial charge is 0.318 e. The van der Waals surface area contributed by atoms with Gasteiger partial charge in [-0.15, -0.1) is 0 Å². The minimum Gasteiger partial charge on any atom is -0.318 e. The molecule has 0 unspecified atom stereocenters. The zero-order chi connectivity index (χ0) is 12.0. The summed E-state index contributed by atoms with van der Waals surface area (Å²) in [5.41, 5.74) is 2.51. The van der Waals surface area contributed by atoms with E-state index in [9.17, 15) is 0 Å². The van der Waals surface area contributed by atoms with Crippen LogP contribution in [-0.2, 0) is 19.5 Å². The summed E-state index contributed by atoms with van der Waals surface area (Å²) in [7, 11) is 4.13. The Balaban J connectivity index is 2.60. The molecule has 0 radical (unpaired) electrons. The minimum absolute atomic E-state index is 0.954. The molecule has 1 N–H and O–H groups in total. The Kier molecular flexibility index (Phi) is 5.49. The molecular weight excluding hydrogens is 200 g/mol. The number of nitrogens with zero attached hydrogens (tertiary/aromatic N) is 3. The maximum absolute atomic E-state index is 4.55. The van der Waals surface area contributed by atoms with Crippen LogP contribution in [0, 0.1) is 0 Å². The summed E-state index contributed by atoms with van der Waals surface area (Å²) in [4.78, 5) is 2.32. The summed E-state index contributed by atoms with van der Waals surface area (Å²) in [5.74, 6) is 0. The average Bonchev–Trinajstić information content (AvgIpc) is 2.68. The van der Waals surface area contributed by atoms with Crippen LogP contribution in [0.25, 0.3) is 0 Å². The van der Waals surface area contributed by atoms with Gasteiger partial charge in [0.1, 0.15) is 0 Å². The van der Waals surface area contributed by atoms with Crippen LogP contribution in [0.5, 0.6) is 0 Å². The fraction of sp³-hybridized carbons (Fsp3) is 0.750. The van der Waals surface area contributed by atoms with Crippen LogP contribution in [0.2, 0.25) is 0 Å². The van der Waals surface area contributed by atoms with Crippen molar-refractivity contribution < 1.29 is 0 Å². The molecule has 1 aromatic heterocycles. The molecule has 0 aromatic carbocycles. The van der Waals surface area contributed by atoms with E-state index >= 15 is 0 Å². The third-order valence-corrected chi connectivity index (χ3v) is 2.75. The quantitative estimate of drug-likeness (QED) is 0.753. The molecule has 0 saturated heterocycles. The van der Waals surface area contributed by atoms with E-state index < -0.39 is 0 Å². The molecule has 16 heavy (non-hydrogen) atoms. The van der Waals surface area contributed by atoms with Crippen molar-refractivity contribution in [2.45, 2.75) is 33.4 Å². The SMILES string of the molecule is CCc1cc(CN(C)CCNC)n(CC)n1. The van der Waals surface area contributed by atoms with Gasteiger partial charge in [0.05, 0.1) is 11.4 Å². The predicted octanol–water partition coefficient (Wildman–Crippen LogP) is 1.12. The number of nitrogens with one attached hydrogen (secondary N) is 1. The normalized spacial score (nSPS) is 11.3. The summed E-state index contributed by atoms with van der Waals surface area (Å²) in [6.07, 6.45) is 1.01. The van der Waals surface area contributed by atoms with Crippen molar-refractivity contribution in [3.63, 3.8) is 0 Å². The molecule has 1 aromatic rings. The Labute approximate surface area is 98.6 Å². The Hall–Kier alpha value is -0.870. The third-order valence-electron chi connectivity index (χ3n) is 2.75. The van der Waals surface area contributed by atoms with Crippen molar-refractivity contribution in [1.29, 1.82) is 0 Å². The van der Waals surface area contributed by atoms with E-state index in [1.54, 1.807) is 0 Å². The molecular formula is C12H24N4. The standard InChI is InChI=1S/C12H24N4/c1-5-11-9-12(16(6-2)14-11)10-15(4)8-7-13-3/h9,13H,5-8,10H2,1-4H3. The van der Waals surface area contributed by atoms with Crippen molar-refractivity contribution in [2.24, 2.45) is 0 Å². The monoisotopic (exact) mass is 224 g/mol. The molecule has 0 atom stereocenters. The number of likely N-dealkylation sites (N-methyl/N-ethyl adjacent to an activating group) is 2. The van der Waals surface area contributed by atoms with Crippen LogP contribution >= 0.6 is 0 Å². The van der Waals surface area contributed by atoms with Gasteiger partial charge in [-0.25, -0.2) is 0 Å². The molecule has 0 bridgehead atoms. The first kappa shape index (κ1) is 13.2. The predicted molar refractivity (Wildman–Crippen MR) is 67.5 cm³/mol. The van der Waals surface area contributed by atoms with Crippen molar-refractivity contribution in [3.8, 4) is 0 Å². The highest BCUT2D eigenvalue weighted by molar-refractivity contribution is 5.10. The molecule has 92 valence electrons. The maximum atomic E-state index is 4.55. The van der Waals surface area contributed by atoms with Gasteiger partial charge in [-0.3, -0.25) is 9.58 Å². The first-order valence-electron chi connectivity index (χ1n) is 6.10. The molecule has 0 aliphatic heterocycles. The first-order valence-corrected chi connectivity index (χ1v) is 6.10. The van der Waals surface area contributed by atoms with Crippen LogP contribution in [0.4, 0.5) is 0 Å². The third kappa shape index (κ3) is 3.61. The molecule has 0 aliphatic carbocycles. The van der Waals surface area contributed by atoms with Gasteiger partial charge < -0.3 is 5.32 Å². The smallest absolute Gasteiger partial charge is 0.0625 e. The highest BCUT2D eigenvalue weighted by atomic mass is 15.3. The van der Waals surface area contributed by atoms with E-state index in [4.69, 9.17) is 0 Å². The summed E-state index contributed by atoms with van der Waals surface area (Å²) in [6, 6.07) is 2.22. The van der Waals surface area contributed by atoms with Crippen molar-refractivity contribution >= 4 is 0 Å². The van der Waals surface area contributed by atoms with Gasteiger partial charge in [0.15, 0.2) is 0 Å². The first-order chi connectivity index (χ1) is 7.71. The summed E-state index contributed by atoms with van der Waals surface area (Å²) >= 11 is 0. The second-order valence-corrected chi connectivity index (χ2v) is 4.14. The zero-order valence-corrected chi connectivity index (χ0v) is 11.0. The number of aryl methyl sites for hydroxylation is 2. The highest BCUT2D eigenvalue weighted by Gasteiger charge is 2.07. The van der Waals surface area contributed by atoms with E-state index in [2.05, 4.69) is 47.0 Å². The topological polar surface area (TPSA) is 33.1 Å². The molecule has 0 saturated carbocycles. The van der Waals surface area contributed by atoms with E-state index in [1.165, 1.54) is 11.4 Å². The van der Waals surface area contributed by atoms with Gasteiger partial charge in [-0.05, 0) is 33.5 Å². The summed E-state index contributed by atoms with van der Waals surface area (Å²) in [6.45, 7) is 8.31. The molecule has 0 spiro atoms. The van der Waals surface area contributed by atoms with Crippen molar-refractivity contribution in [2.75, 3.05) is 27.2 Å². The van der Waals surface area contributed by atoms with Crippen LogP contribution in [0.1, 0.15) is 25.2 Å². The van der Waals surface area contributed by atoms with Crippen molar-refractivity contribution in [1.82, 2.24) is 20.0 Å². The maximum Gasteiger partial charge on any atom is 0.0625 e. The fourth-order valence-corrected chi connectivity index (χ4v) is 1.75. The van der Waals surface area contributed by atoms with E-state index in [1.807, 2.05) is 7.05 Å². The molecule has 1 rings (SSSR count). The summed E-state index contributed by atoms with van der Waals surface area (Å²) < 4.78 is 2.11. The van der Waals surface area contributed by atoms with Gasteiger partial charge in [0, 0.05) is 26.2 Å². The van der Waals surface area contributed by atoms with E-state index in [0.717, 1.165) is 32.6 Å². The van der Waals surface area contributed by atoms with Gasteiger partial charge in [0.25, 0.3) is 0 Å². The molecule has 0 aliphatic rings. The highest BCUT2D eigenvalue weighted by Crippen LogP contribution is 2.07.